The molecule has 0 bridgehead atoms. The number of methoxy groups -OCH3 is 1. The van der Waals surface area contributed by atoms with E-state index in [1.54, 1.807) is 7.11 Å². The highest BCUT2D eigenvalue weighted by atomic mass is 16.5. The lowest BCUT2D eigenvalue weighted by atomic mass is 9.98. The van der Waals surface area contributed by atoms with E-state index in [1.165, 1.54) is 5.56 Å². The Hall–Kier alpha value is -1.71. The van der Waals surface area contributed by atoms with E-state index in [-0.39, 0.29) is 12.1 Å². The average molecular weight is 284 g/mol. The lowest BCUT2D eigenvalue weighted by Crippen LogP contribution is -2.40. The smallest absolute Gasteiger partial charge is 0.0754 e. The van der Waals surface area contributed by atoms with Gasteiger partial charge in [0, 0.05) is 19.3 Å². The van der Waals surface area contributed by atoms with Gasteiger partial charge in [-0.25, -0.2) is 0 Å². The molecule has 0 amide bonds. The summed E-state index contributed by atoms with van der Waals surface area (Å²) in [5.41, 5.74) is 2.25. The molecule has 1 aromatic heterocycles. The summed E-state index contributed by atoms with van der Waals surface area (Å²) in [6, 6.07) is 16.8. The Labute approximate surface area is 127 Å². The van der Waals surface area contributed by atoms with Gasteiger partial charge in [-0.2, -0.15) is 0 Å². The number of rotatable bonds is 7. The Morgan fingerprint density at radius 3 is 2.33 bits per heavy atom. The molecule has 3 nitrogen and oxygen atoms in total. The van der Waals surface area contributed by atoms with Crippen LogP contribution in [0.15, 0.2) is 54.7 Å². The second-order valence-corrected chi connectivity index (χ2v) is 5.57. The number of aromatic nitrogens is 1. The van der Waals surface area contributed by atoms with Gasteiger partial charge in [-0.1, -0.05) is 50.2 Å². The summed E-state index contributed by atoms with van der Waals surface area (Å²) in [4.78, 5) is 4.52. The van der Waals surface area contributed by atoms with Crippen molar-refractivity contribution >= 4 is 0 Å². The first-order valence-corrected chi connectivity index (χ1v) is 7.43. The third-order valence-electron chi connectivity index (χ3n) is 3.65. The fraction of sp³-hybridized carbons (Fsp3) is 0.389. The Bertz CT molecular complexity index is 474. The van der Waals surface area contributed by atoms with Crippen molar-refractivity contribution in [3.63, 3.8) is 0 Å². The van der Waals surface area contributed by atoms with Crippen molar-refractivity contribution in [3.8, 4) is 0 Å². The predicted molar refractivity (Wildman–Crippen MR) is 86.2 cm³/mol. The van der Waals surface area contributed by atoms with Crippen molar-refractivity contribution in [2.24, 2.45) is 5.92 Å². The summed E-state index contributed by atoms with van der Waals surface area (Å²) >= 11 is 0. The van der Waals surface area contributed by atoms with Crippen LogP contribution in [0.1, 0.15) is 31.1 Å². The second-order valence-electron chi connectivity index (χ2n) is 5.57. The minimum Gasteiger partial charge on any atom is -0.383 e. The van der Waals surface area contributed by atoms with Gasteiger partial charge < -0.3 is 4.74 Å². The molecule has 2 rings (SSSR count). The molecule has 112 valence electrons. The number of pyridine rings is 1. The van der Waals surface area contributed by atoms with Gasteiger partial charge in [0.2, 0.25) is 0 Å². The quantitative estimate of drug-likeness (QED) is 0.846. The summed E-state index contributed by atoms with van der Waals surface area (Å²) in [6.07, 6.45) is 1.84. The lowest BCUT2D eigenvalue weighted by Gasteiger charge is -2.28. The van der Waals surface area contributed by atoms with Gasteiger partial charge in [-0.05, 0) is 23.6 Å². The van der Waals surface area contributed by atoms with E-state index in [4.69, 9.17) is 4.74 Å². The molecule has 2 aromatic rings. The highest BCUT2D eigenvalue weighted by Crippen LogP contribution is 2.22. The SMILES string of the molecule is COCC(NC(c1ccccc1)c1ccccn1)C(C)C. The minimum atomic E-state index is 0.0787. The summed E-state index contributed by atoms with van der Waals surface area (Å²) in [5, 5.41) is 3.70. The first kappa shape index (κ1) is 15.7. The Kier molecular flexibility index (Phi) is 5.90. The number of nitrogens with one attached hydrogen (secondary N) is 1. The van der Waals surface area contributed by atoms with Crippen LogP contribution < -0.4 is 5.32 Å². The molecule has 1 heterocycles. The largest absolute Gasteiger partial charge is 0.383 e. The summed E-state index contributed by atoms with van der Waals surface area (Å²) in [6.45, 7) is 5.10. The van der Waals surface area contributed by atoms with Crippen molar-refractivity contribution in [1.29, 1.82) is 0 Å². The maximum absolute atomic E-state index is 5.36. The normalized spacial score (nSPS) is 14.1. The minimum absolute atomic E-state index is 0.0787. The van der Waals surface area contributed by atoms with E-state index in [1.807, 2.05) is 24.4 Å². The van der Waals surface area contributed by atoms with Gasteiger partial charge in [0.15, 0.2) is 0 Å². The van der Waals surface area contributed by atoms with Crippen LogP contribution in [0.25, 0.3) is 0 Å². The van der Waals surface area contributed by atoms with Gasteiger partial charge in [-0.15, -0.1) is 0 Å². The monoisotopic (exact) mass is 284 g/mol. The lowest BCUT2D eigenvalue weighted by molar-refractivity contribution is 0.142. The van der Waals surface area contributed by atoms with Crippen LogP contribution in [0.2, 0.25) is 0 Å². The topological polar surface area (TPSA) is 34.1 Å². The molecular weight excluding hydrogens is 260 g/mol. The van der Waals surface area contributed by atoms with Crippen LogP contribution >= 0.6 is 0 Å². The molecule has 2 atom stereocenters. The van der Waals surface area contributed by atoms with E-state index < -0.39 is 0 Å². The zero-order valence-electron chi connectivity index (χ0n) is 13.0. The fourth-order valence-electron chi connectivity index (χ4n) is 2.37. The van der Waals surface area contributed by atoms with Crippen LogP contribution in [0.4, 0.5) is 0 Å². The van der Waals surface area contributed by atoms with E-state index in [0.29, 0.717) is 12.5 Å². The standard InChI is InChI=1S/C18H24N2O/c1-14(2)17(13-21-3)20-18(15-9-5-4-6-10-15)16-11-7-8-12-19-16/h4-12,14,17-18,20H,13H2,1-3H3. The molecular formula is C18H24N2O. The predicted octanol–water partition coefficient (Wildman–Crippen LogP) is 3.43. The first-order valence-electron chi connectivity index (χ1n) is 7.43. The molecule has 2 unspecified atom stereocenters. The van der Waals surface area contributed by atoms with Crippen LogP contribution in [0.5, 0.6) is 0 Å². The summed E-state index contributed by atoms with van der Waals surface area (Å²) in [5.74, 6) is 0.486. The fourth-order valence-corrected chi connectivity index (χ4v) is 2.37. The van der Waals surface area contributed by atoms with Crippen molar-refractivity contribution in [1.82, 2.24) is 10.3 Å². The average Bonchev–Trinajstić information content (AvgIpc) is 2.53. The molecule has 0 aliphatic carbocycles. The Morgan fingerprint density at radius 2 is 1.76 bits per heavy atom. The van der Waals surface area contributed by atoms with Crippen LogP contribution in [0, 0.1) is 5.92 Å². The summed E-state index contributed by atoms with van der Waals surface area (Å²) < 4.78 is 5.36. The molecule has 0 spiro atoms. The number of benzene rings is 1. The second kappa shape index (κ2) is 7.91. The molecule has 0 saturated carbocycles. The molecule has 0 saturated heterocycles. The van der Waals surface area contributed by atoms with Gasteiger partial charge in [0.25, 0.3) is 0 Å². The zero-order chi connectivity index (χ0) is 15.1. The summed E-state index contributed by atoms with van der Waals surface area (Å²) in [7, 11) is 1.75. The van der Waals surface area contributed by atoms with Crippen molar-refractivity contribution in [2.45, 2.75) is 25.9 Å². The molecule has 1 aromatic carbocycles. The van der Waals surface area contributed by atoms with Crippen molar-refractivity contribution in [3.05, 3.63) is 66.0 Å². The van der Waals surface area contributed by atoms with Gasteiger partial charge in [0.05, 0.1) is 18.3 Å². The van der Waals surface area contributed by atoms with Gasteiger partial charge in [-0.3, -0.25) is 10.3 Å². The van der Waals surface area contributed by atoms with Crippen LogP contribution in [-0.4, -0.2) is 24.7 Å². The third-order valence-corrected chi connectivity index (χ3v) is 3.65. The maximum Gasteiger partial charge on any atom is 0.0754 e. The van der Waals surface area contributed by atoms with E-state index >= 15 is 0 Å². The zero-order valence-corrected chi connectivity index (χ0v) is 13.0. The van der Waals surface area contributed by atoms with E-state index in [2.05, 4.69) is 54.5 Å². The first-order chi connectivity index (χ1) is 10.2. The van der Waals surface area contributed by atoms with Gasteiger partial charge in [0.1, 0.15) is 0 Å². The molecule has 0 aliphatic heterocycles. The van der Waals surface area contributed by atoms with Crippen LogP contribution in [0.3, 0.4) is 0 Å². The third kappa shape index (κ3) is 4.38. The molecule has 0 aliphatic rings. The Morgan fingerprint density at radius 1 is 1.05 bits per heavy atom. The molecule has 21 heavy (non-hydrogen) atoms. The maximum atomic E-state index is 5.36. The number of hydrogen-bond donors (Lipinski definition) is 1. The molecule has 1 N–H and O–H groups in total. The molecule has 0 fully saturated rings. The van der Waals surface area contributed by atoms with Crippen molar-refractivity contribution in [2.75, 3.05) is 13.7 Å². The van der Waals surface area contributed by atoms with E-state index in [0.717, 1.165) is 5.69 Å². The number of hydrogen-bond acceptors (Lipinski definition) is 3. The highest BCUT2D eigenvalue weighted by molar-refractivity contribution is 5.27. The molecule has 0 radical (unpaired) electrons. The molecule has 3 heteroatoms. The Balaban J connectivity index is 2.28. The van der Waals surface area contributed by atoms with Crippen LogP contribution in [-0.2, 0) is 4.74 Å². The number of nitrogens with zero attached hydrogens (tertiary/aromatic N) is 1. The van der Waals surface area contributed by atoms with E-state index in [9.17, 15) is 0 Å². The van der Waals surface area contributed by atoms with Crippen molar-refractivity contribution < 1.29 is 4.74 Å². The van der Waals surface area contributed by atoms with Gasteiger partial charge >= 0.3 is 0 Å². The highest BCUT2D eigenvalue weighted by Gasteiger charge is 2.21. The number of ether oxygens (including phenoxy) is 1.